The molecule has 0 radical (unpaired) electrons. The fourth-order valence-electron chi connectivity index (χ4n) is 12.3. The Bertz CT molecular complexity index is 1460. The monoisotopic (exact) mass is 656 g/mol. The molecular formula is C37H52O10. The number of phenols is 2. The second-order valence-electron chi connectivity index (χ2n) is 16.7. The molecule has 1 spiro atoms. The minimum Gasteiger partial charge on any atom is -0.508 e. The molecule has 1 aromatic carbocycles. The Kier molecular flexibility index (Phi) is 7.63. The number of hydrogen-bond acceptors (Lipinski definition) is 10. The summed E-state index contributed by atoms with van der Waals surface area (Å²) >= 11 is 0. The van der Waals surface area contributed by atoms with Crippen LogP contribution in [0.2, 0.25) is 0 Å². The van der Waals surface area contributed by atoms with Crippen LogP contribution in [0.3, 0.4) is 0 Å². The molecule has 4 saturated carbocycles. The summed E-state index contributed by atoms with van der Waals surface area (Å²) in [7, 11) is 0. The summed E-state index contributed by atoms with van der Waals surface area (Å²) in [5.41, 5.74) is -5.41. The second-order valence-corrected chi connectivity index (χ2v) is 16.7. The van der Waals surface area contributed by atoms with Crippen LogP contribution in [0.25, 0.3) is 0 Å². The van der Waals surface area contributed by atoms with Crippen molar-refractivity contribution in [3.8, 4) is 11.5 Å². The number of aromatic hydroxyl groups is 2. The number of hydrogen-bond donors (Lipinski definition) is 8. The van der Waals surface area contributed by atoms with Crippen LogP contribution in [0.15, 0.2) is 29.8 Å². The summed E-state index contributed by atoms with van der Waals surface area (Å²) in [5, 5.41) is 91.1. The molecule has 1 heterocycles. The van der Waals surface area contributed by atoms with Gasteiger partial charge in [0.1, 0.15) is 22.7 Å². The van der Waals surface area contributed by atoms with Gasteiger partial charge in [0.15, 0.2) is 5.78 Å². The zero-order chi connectivity index (χ0) is 34.1. The fourth-order valence-corrected chi connectivity index (χ4v) is 12.3. The maximum absolute atomic E-state index is 14.3. The normalized spacial score (nSPS) is 52.3. The quantitative estimate of drug-likeness (QED) is 0.240. The Morgan fingerprint density at radius 3 is 2.30 bits per heavy atom. The van der Waals surface area contributed by atoms with E-state index in [1.165, 1.54) is 24.3 Å². The number of allylic oxidation sites excluding steroid dienone is 1. The van der Waals surface area contributed by atoms with E-state index in [4.69, 9.17) is 4.74 Å². The van der Waals surface area contributed by atoms with Crippen molar-refractivity contribution in [3.05, 3.63) is 35.4 Å². The van der Waals surface area contributed by atoms with Gasteiger partial charge in [-0.1, -0.05) is 40.5 Å². The van der Waals surface area contributed by atoms with E-state index in [0.717, 1.165) is 12.8 Å². The molecule has 0 amide bonds. The van der Waals surface area contributed by atoms with Crippen molar-refractivity contribution in [3.63, 3.8) is 0 Å². The largest absolute Gasteiger partial charge is 0.508 e. The highest BCUT2D eigenvalue weighted by Gasteiger charge is 2.80. The predicted molar refractivity (Wildman–Crippen MR) is 170 cm³/mol. The molecule has 8 N–H and O–H groups in total. The van der Waals surface area contributed by atoms with Crippen LogP contribution < -0.4 is 0 Å². The van der Waals surface area contributed by atoms with E-state index in [9.17, 15) is 45.6 Å². The van der Waals surface area contributed by atoms with Gasteiger partial charge in [0.25, 0.3) is 0 Å². The van der Waals surface area contributed by atoms with Gasteiger partial charge < -0.3 is 45.6 Å². The van der Waals surface area contributed by atoms with Crippen LogP contribution in [0.5, 0.6) is 11.5 Å². The summed E-state index contributed by atoms with van der Waals surface area (Å²) in [6.07, 6.45) is 0.719. The first-order chi connectivity index (χ1) is 22.0. The van der Waals surface area contributed by atoms with E-state index < -0.39 is 69.8 Å². The summed E-state index contributed by atoms with van der Waals surface area (Å²) in [5.74, 6) is -3.33. The molecule has 0 bridgehead atoms. The number of carbonyl (C=O) groups excluding carboxylic acids is 1. The molecule has 260 valence electrons. The molecule has 5 fully saturated rings. The van der Waals surface area contributed by atoms with Crippen molar-refractivity contribution in [1.82, 2.24) is 0 Å². The number of ether oxygens (including phenoxy) is 1. The average molecular weight is 657 g/mol. The number of phenolic OH excluding ortho intramolecular Hbond substituents is 2. The van der Waals surface area contributed by atoms with Gasteiger partial charge in [-0.15, -0.1) is 0 Å². The average Bonchev–Trinajstić information content (AvgIpc) is 3.33. The molecule has 0 unspecified atom stereocenters. The number of aliphatic hydroxyl groups excluding tert-OH is 4. The first kappa shape index (κ1) is 33.4. The number of ketones is 1. The van der Waals surface area contributed by atoms with Crippen LogP contribution in [-0.2, 0) is 9.53 Å². The fraction of sp³-hybridized carbons (Fsp3) is 0.757. The molecule has 10 nitrogen and oxygen atoms in total. The minimum atomic E-state index is -1.63. The van der Waals surface area contributed by atoms with Crippen molar-refractivity contribution >= 4 is 5.78 Å². The summed E-state index contributed by atoms with van der Waals surface area (Å²) in [6.45, 7) is 7.65. The molecule has 7 rings (SSSR count). The predicted octanol–water partition coefficient (Wildman–Crippen LogP) is 2.67. The van der Waals surface area contributed by atoms with Crippen LogP contribution in [0.1, 0.15) is 90.5 Å². The van der Waals surface area contributed by atoms with Crippen LogP contribution in [-0.4, -0.2) is 94.5 Å². The molecule has 0 aromatic heterocycles. The molecule has 1 saturated heterocycles. The van der Waals surface area contributed by atoms with Crippen molar-refractivity contribution in [2.75, 3.05) is 6.61 Å². The molecule has 15 atom stereocenters. The Balaban J connectivity index is 1.32. The van der Waals surface area contributed by atoms with E-state index >= 15 is 0 Å². The molecule has 1 aliphatic heterocycles. The third-order valence-corrected chi connectivity index (χ3v) is 14.7. The van der Waals surface area contributed by atoms with Crippen LogP contribution in [0.4, 0.5) is 0 Å². The minimum absolute atomic E-state index is 0.0122. The SMILES string of the molecule is C[C@H]1[C@H](C)CCC[C@]2(O[C@H]3C[C@@]4(O)C5=CC(=O)[C@@H]6[C@@H](c7cc(O)cc(O)c7)[C@@H](O)[C@@H](O)C[C@]6(C)[C@H]5CC[C@]4(C)[C@H]3[C@]2(O)CCO)[C@H]1O. The third-order valence-electron chi connectivity index (χ3n) is 14.7. The molecule has 6 aliphatic rings. The van der Waals surface area contributed by atoms with Gasteiger partial charge in [-0.3, -0.25) is 4.79 Å². The van der Waals surface area contributed by atoms with Gasteiger partial charge in [-0.2, -0.15) is 0 Å². The molecule has 5 aliphatic carbocycles. The maximum atomic E-state index is 14.3. The van der Waals surface area contributed by atoms with Crippen molar-refractivity contribution in [2.45, 2.75) is 126 Å². The zero-order valence-corrected chi connectivity index (χ0v) is 27.8. The van der Waals surface area contributed by atoms with Gasteiger partial charge in [-0.25, -0.2) is 0 Å². The Morgan fingerprint density at radius 2 is 1.64 bits per heavy atom. The van der Waals surface area contributed by atoms with Gasteiger partial charge in [0, 0.05) is 48.7 Å². The number of benzene rings is 1. The standard InChI is InChI=1S/C37H52O10/c1-18-6-5-8-37(32(44)19(18)2)35(45,10-11-38)31-27(47-37)17-36(46)24-15-25(41)29-28(20-12-21(39)14-22(40)13-20)30(43)26(42)16-33(29,3)23(24)7-9-34(31,36)4/h12-15,18-19,23,26-32,38-40,42-46H,5-11,16-17H2,1-4H3/t18-,19+,23+,26+,27+,28-,29-,30+,31+,32+,33-,34-,35-,36-,37+/m1/s1. The summed E-state index contributed by atoms with van der Waals surface area (Å²) in [4.78, 5) is 14.3. The van der Waals surface area contributed by atoms with Crippen molar-refractivity contribution in [1.29, 1.82) is 0 Å². The highest BCUT2D eigenvalue weighted by Crippen LogP contribution is 2.73. The van der Waals surface area contributed by atoms with Crippen LogP contribution in [0, 0.1) is 40.4 Å². The lowest BCUT2D eigenvalue weighted by Crippen LogP contribution is -2.68. The molecule has 47 heavy (non-hydrogen) atoms. The van der Waals surface area contributed by atoms with E-state index in [2.05, 4.69) is 6.92 Å². The van der Waals surface area contributed by atoms with Gasteiger partial charge in [0.05, 0.1) is 30.0 Å². The lowest BCUT2D eigenvalue weighted by atomic mass is 9.43. The number of rotatable bonds is 3. The Hall–Kier alpha value is -2.05. The smallest absolute Gasteiger partial charge is 0.160 e. The van der Waals surface area contributed by atoms with E-state index in [1.807, 2.05) is 20.8 Å². The summed E-state index contributed by atoms with van der Waals surface area (Å²) < 4.78 is 6.88. The lowest BCUT2D eigenvalue weighted by molar-refractivity contribution is -0.232. The van der Waals surface area contributed by atoms with E-state index in [1.54, 1.807) is 0 Å². The third kappa shape index (κ3) is 4.18. The number of carbonyl (C=O) groups is 1. The van der Waals surface area contributed by atoms with Crippen molar-refractivity contribution in [2.24, 2.45) is 40.4 Å². The number of fused-ring (bicyclic) bond motifs is 7. The molecule has 10 heteroatoms. The second kappa shape index (κ2) is 10.7. The van der Waals surface area contributed by atoms with Gasteiger partial charge in [0.2, 0.25) is 0 Å². The highest BCUT2D eigenvalue weighted by atomic mass is 16.6. The first-order valence-corrected chi connectivity index (χ1v) is 17.6. The number of aliphatic hydroxyl groups is 6. The first-order valence-electron chi connectivity index (χ1n) is 17.6. The summed E-state index contributed by atoms with van der Waals surface area (Å²) in [6, 6.07) is 3.98. The van der Waals surface area contributed by atoms with Crippen molar-refractivity contribution < 1.29 is 50.4 Å². The topological polar surface area (TPSA) is 188 Å². The van der Waals surface area contributed by atoms with E-state index in [-0.39, 0.29) is 60.9 Å². The van der Waals surface area contributed by atoms with E-state index in [0.29, 0.717) is 30.4 Å². The molecule has 1 aromatic rings. The van der Waals surface area contributed by atoms with Gasteiger partial charge >= 0.3 is 0 Å². The highest BCUT2D eigenvalue weighted by molar-refractivity contribution is 5.96. The zero-order valence-electron chi connectivity index (χ0n) is 27.8. The van der Waals surface area contributed by atoms with Gasteiger partial charge in [-0.05, 0) is 78.2 Å². The maximum Gasteiger partial charge on any atom is 0.160 e. The Labute approximate surface area is 276 Å². The molecular weight excluding hydrogens is 604 g/mol. The lowest BCUT2D eigenvalue weighted by Gasteiger charge is -2.62. The van der Waals surface area contributed by atoms with Crippen LogP contribution >= 0.6 is 0 Å². The Morgan fingerprint density at radius 1 is 0.957 bits per heavy atom.